The highest BCUT2D eigenvalue weighted by Crippen LogP contribution is 2.28. The molecule has 0 atom stereocenters. The third kappa shape index (κ3) is 7.36. The summed E-state index contributed by atoms with van der Waals surface area (Å²) in [6.07, 6.45) is 9.81. The van der Waals surface area contributed by atoms with Crippen LogP contribution in [0.2, 0.25) is 0 Å². The van der Waals surface area contributed by atoms with Crippen molar-refractivity contribution in [1.82, 2.24) is 4.98 Å². The van der Waals surface area contributed by atoms with Crippen molar-refractivity contribution in [2.45, 2.75) is 26.2 Å². The molecule has 1 aromatic heterocycles. The topological polar surface area (TPSA) is 131 Å². The van der Waals surface area contributed by atoms with Gasteiger partial charge in [-0.15, -0.1) is 17.1 Å². The summed E-state index contributed by atoms with van der Waals surface area (Å²) in [5, 5.41) is 5.99. The molecule has 10 heteroatoms. The summed E-state index contributed by atoms with van der Waals surface area (Å²) in [7, 11) is -3.35. The molecule has 0 saturated heterocycles. The van der Waals surface area contributed by atoms with Crippen LogP contribution in [-0.4, -0.2) is 38.0 Å². The second-order valence-electron chi connectivity index (χ2n) is 7.72. The largest absolute Gasteiger partial charge is 0.325 e. The van der Waals surface area contributed by atoms with Gasteiger partial charge in [-0.2, -0.15) is 0 Å². The number of hydrogen-bond donors (Lipinski definition) is 3. The lowest BCUT2D eigenvalue weighted by atomic mass is 10.0. The summed E-state index contributed by atoms with van der Waals surface area (Å²) in [6, 6.07) is 7.53. The van der Waals surface area contributed by atoms with Gasteiger partial charge < -0.3 is 16.4 Å². The normalized spacial score (nSPS) is 13.1. The molecule has 2 aromatic rings. The van der Waals surface area contributed by atoms with Crippen molar-refractivity contribution < 1.29 is 18.0 Å². The highest BCUT2D eigenvalue weighted by molar-refractivity contribution is 7.94. The molecule has 178 valence electrons. The Morgan fingerprint density at radius 1 is 1.12 bits per heavy atom. The molecule has 1 aliphatic rings. The lowest BCUT2D eigenvalue weighted by Gasteiger charge is -2.06. The Kier molecular flexibility index (Phi) is 8.36. The van der Waals surface area contributed by atoms with E-state index in [1.54, 1.807) is 18.2 Å². The van der Waals surface area contributed by atoms with Gasteiger partial charge in [-0.25, -0.2) is 13.4 Å². The molecule has 1 aromatic carbocycles. The van der Waals surface area contributed by atoms with Gasteiger partial charge in [-0.3, -0.25) is 9.59 Å². The zero-order valence-corrected chi connectivity index (χ0v) is 20.6. The van der Waals surface area contributed by atoms with E-state index in [0.717, 1.165) is 34.4 Å². The Morgan fingerprint density at radius 2 is 1.85 bits per heavy atom. The number of carbonyl (C=O) groups is 2. The predicted molar refractivity (Wildman–Crippen MR) is 135 cm³/mol. The molecule has 8 nitrogen and oxygen atoms in total. The second-order valence-corrected chi connectivity index (χ2v) is 10.8. The fraction of sp³-hybridized carbons (Fsp3) is 0.250. The Hall–Kier alpha value is -3.30. The summed E-state index contributed by atoms with van der Waals surface area (Å²) >= 11 is 1.41. The maximum atomic E-state index is 11.8. The molecule has 1 aliphatic carbocycles. The van der Waals surface area contributed by atoms with Gasteiger partial charge in [0.2, 0.25) is 11.8 Å². The Labute approximate surface area is 202 Å². The zero-order valence-electron chi connectivity index (χ0n) is 18.9. The number of hydrogen-bond acceptors (Lipinski definition) is 7. The number of anilines is 2. The minimum atomic E-state index is -3.35. The Morgan fingerprint density at radius 3 is 2.50 bits per heavy atom. The van der Waals surface area contributed by atoms with Gasteiger partial charge in [0, 0.05) is 30.2 Å². The van der Waals surface area contributed by atoms with Crippen LogP contribution in [0.1, 0.15) is 23.1 Å². The molecule has 4 N–H and O–H groups in total. The number of amides is 2. The van der Waals surface area contributed by atoms with Crippen LogP contribution in [0, 0.1) is 0 Å². The standard InChI is InChI=1S/C24H26N4O4S2/c1-16(29)26-24-28-21(13-9-17-6-10-19(11-7-17)27-23(30)15-25)22(33-24)14-18-4-3-5-20(12-8-18)34(2,31)32/h3-4,6-8,10-12H,9,13-15,25H2,1-2H3,(H,27,30)(H,26,28,29). The summed E-state index contributed by atoms with van der Waals surface area (Å²) in [4.78, 5) is 28.7. The van der Waals surface area contributed by atoms with E-state index in [1.807, 2.05) is 30.3 Å². The molecule has 0 fully saturated rings. The Balaban J connectivity index is 1.74. The number of aromatic nitrogens is 1. The van der Waals surface area contributed by atoms with Crippen LogP contribution >= 0.6 is 11.3 Å². The fourth-order valence-electron chi connectivity index (χ4n) is 3.20. The summed E-state index contributed by atoms with van der Waals surface area (Å²) in [5.74, 6) is -0.443. The average Bonchev–Trinajstić information content (AvgIpc) is 2.97. The van der Waals surface area contributed by atoms with E-state index >= 15 is 0 Å². The molecule has 0 aliphatic heterocycles. The first-order chi connectivity index (χ1) is 16.1. The number of nitrogens with one attached hydrogen (secondary N) is 2. The molecule has 2 amide bonds. The van der Waals surface area contributed by atoms with Gasteiger partial charge in [0.05, 0.1) is 12.2 Å². The SMILES string of the molecule is CC(=O)Nc1nc(CCc2ccc(NC(=O)CN)cc2)c(CC2=CC=C=C(S(C)(=O)=O)C=C2)s1. The van der Waals surface area contributed by atoms with Crippen LogP contribution in [0.5, 0.6) is 0 Å². The summed E-state index contributed by atoms with van der Waals surface area (Å²) in [6.45, 7) is 1.36. The van der Waals surface area contributed by atoms with Gasteiger partial charge in [0.1, 0.15) is 4.91 Å². The first-order valence-corrected chi connectivity index (χ1v) is 13.2. The number of allylic oxidation sites excluding steroid dienone is 4. The van der Waals surface area contributed by atoms with Crippen molar-refractivity contribution in [1.29, 1.82) is 0 Å². The van der Waals surface area contributed by atoms with Crippen LogP contribution in [0.15, 0.2) is 64.8 Å². The number of nitrogens with zero attached hydrogens (tertiary/aromatic N) is 1. The molecule has 3 rings (SSSR count). The molecule has 0 spiro atoms. The van der Waals surface area contributed by atoms with E-state index in [9.17, 15) is 18.0 Å². The molecule has 1 heterocycles. The minimum absolute atomic E-state index is 0.0714. The van der Waals surface area contributed by atoms with Crippen molar-refractivity contribution in [3.63, 3.8) is 0 Å². The van der Waals surface area contributed by atoms with Crippen LogP contribution in [0.3, 0.4) is 0 Å². The van der Waals surface area contributed by atoms with E-state index in [2.05, 4.69) is 21.3 Å². The maximum absolute atomic E-state index is 11.8. The first-order valence-electron chi connectivity index (χ1n) is 10.5. The predicted octanol–water partition coefficient (Wildman–Crippen LogP) is 2.91. The maximum Gasteiger partial charge on any atom is 0.238 e. The van der Waals surface area contributed by atoms with Crippen molar-refractivity contribution in [2.75, 3.05) is 23.4 Å². The first kappa shape index (κ1) is 25.3. The summed E-state index contributed by atoms with van der Waals surface area (Å²) < 4.78 is 23.6. The highest BCUT2D eigenvalue weighted by atomic mass is 32.2. The van der Waals surface area contributed by atoms with E-state index in [4.69, 9.17) is 5.73 Å². The number of aryl methyl sites for hydroxylation is 2. The van der Waals surface area contributed by atoms with Crippen molar-refractivity contribution in [2.24, 2.45) is 5.73 Å². The number of sulfone groups is 1. The number of benzene rings is 1. The molecule has 0 saturated carbocycles. The number of carbonyl (C=O) groups excluding carboxylic acids is 2. The number of rotatable bonds is 9. The van der Waals surface area contributed by atoms with Crippen molar-refractivity contribution in [3.05, 3.63) is 80.9 Å². The van der Waals surface area contributed by atoms with Gasteiger partial charge in [0.25, 0.3) is 0 Å². The third-order valence-electron chi connectivity index (χ3n) is 4.87. The number of nitrogens with two attached hydrogens (primary N) is 1. The van der Waals surface area contributed by atoms with E-state index in [1.165, 1.54) is 18.3 Å². The zero-order chi connectivity index (χ0) is 24.7. The highest BCUT2D eigenvalue weighted by Gasteiger charge is 2.15. The van der Waals surface area contributed by atoms with Gasteiger partial charge in [-0.05, 0) is 48.3 Å². The van der Waals surface area contributed by atoms with Gasteiger partial charge in [-0.1, -0.05) is 24.3 Å². The molecule has 34 heavy (non-hydrogen) atoms. The van der Waals surface area contributed by atoms with E-state index in [0.29, 0.717) is 23.7 Å². The monoisotopic (exact) mass is 498 g/mol. The Bertz CT molecular complexity index is 1310. The molecular formula is C24H26N4O4S2. The van der Waals surface area contributed by atoms with Crippen LogP contribution < -0.4 is 16.4 Å². The van der Waals surface area contributed by atoms with Crippen molar-refractivity contribution >= 4 is 43.8 Å². The molecule has 0 unspecified atom stereocenters. The molecule has 0 radical (unpaired) electrons. The van der Waals surface area contributed by atoms with Gasteiger partial charge in [0.15, 0.2) is 15.0 Å². The average molecular weight is 499 g/mol. The van der Waals surface area contributed by atoms with E-state index in [-0.39, 0.29) is 23.3 Å². The quantitative estimate of drug-likeness (QED) is 0.456. The lowest BCUT2D eigenvalue weighted by Crippen LogP contribution is -2.21. The lowest BCUT2D eigenvalue weighted by molar-refractivity contribution is -0.115. The fourth-order valence-corrected chi connectivity index (χ4v) is 4.89. The smallest absolute Gasteiger partial charge is 0.238 e. The van der Waals surface area contributed by atoms with Crippen LogP contribution in [0.25, 0.3) is 0 Å². The van der Waals surface area contributed by atoms with Crippen LogP contribution in [-0.2, 0) is 38.7 Å². The van der Waals surface area contributed by atoms with Gasteiger partial charge >= 0.3 is 0 Å². The molecule has 0 bridgehead atoms. The molecular weight excluding hydrogens is 472 g/mol. The van der Waals surface area contributed by atoms with Crippen molar-refractivity contribution in [3.8, 4) is 0 Å². The van der Waals surface area contributed by atoms with Crippen LogP contribution in [0.4, 0.5) is 10.8 Å². The third-order valence-corrected chi connectivity index (χ3v) is 6.94. The minimum Gasteiger partial charge on any atom is -0.325 e. The summed E-state index contributed by atoms with van der Waals surface area (Å²) in [5.41, 5.74) is 11.6. The van der Waals surface area contributed by atoms with E-state index < -0.39 is 9.84 Å². The second kappa shape index (κ2) is 11.2. The number of thiazole rings is 1.